The van der Waals surface area contributed by atoms with Gasteiger partial charge < -0.3 is 4.74 Å². The molecule has 1 nitrogen and oxygen atoms in total. The largest absolute Gasteiger partial charge is 0.457 e. The van der Waals surface area contributed by atoms with Crippen LogP contribution in [0.3, 0.4) is 0 Å². The molecule has 0 heterocycles. The van der Waals surface area contributed by atoms with Crippen molar-refractivity contribution in [3.63, 3.8) is 0 Å². The van der Waals surface area contributed by atoms with E-state index in [4.69, 9.17) is 4.74 Å². The van der Waals surface area contributed by atoms with Gasteiger partial charge in [0.25, 0.3) is 0 Å². The second-order valence-corrected chi connectivity index (χ2v) is 10.8. The summed E-state index contributed by atoms with van der Waals surface area (Å²) in [6.45, 7) is 0. The lowest BCUT2D eigenvalue weighted by atomic mass is 9.68. The maximum Gasteiger partial charge on any atom is 0.129 e. The fraction of sp³-hybridized carbons (Fsp3) is 0.0270. The molecule has 0 bridgehead atoms. The van der Waals surface area contributed by atoms with Crippen LogP contribution in [0.15, 0.2) is 156 Å². The van der Waals surface area contributed by atoms with Crippen LogP contribution in [-0.2, 0) is 5.41 Å². The lowest BCUT2D eigenvalue weighted by Crippen LogP contribution is -2.28. The van der Waals surface area contributed by atoms with E-state index in [1.807, 2.05) is 12.1 Å². The maximum atomic E-state index is 6.58. The molecule has 0 fully saturated rings. The average Bonchev–Trinajstić information content (AvgIpc) is 3.29. The van der Waals surface area contributed by atoms with Gasteiger partial charge in [-0.25, -0.2) is 0 Å². The van der Waals surface area contributed by atoms with Crippen molar-refractivity contribution in [1.82, 2.24) is 0 Å². The summed E-state index contributed by atoms with van der Waals surface area (Å²) in [4.78, 5) is 0. The van der Waals surface area contributed by atoms with Crippen LogP contribution in [-0.4, -0.2) is 0 Å². The van der Waals surface area contributed by atoms with Gasteiger partial charge in [0.15, 0.2) is 0 Å². The highest BCUT2D eigenvalue weighted by molar-refractivity contribution is 9.10. The van der Waals surface area contributed by atoms with Gasteiger partial charge in [-0.2, -0.15) is 0 Å². The Bertz CT molecular complexity index is 1740. The molecule has 6 aromatic carbocycles. The van der Waals surface area contributed by atoms with Gasteiger partial charge in [-0.15, -0.1) is 0 Å². The van der Waals surface area contributed by atoms with Crippen molar-refractivity contribution in [2.75, 3.05) is 0 Å². The Morgan fingerprint density at radius 1 is 0.436 bits per heavy atom. The van der Waals surface area contributed by atoms with Crippen molar-refractivity contribution >= 4 is 15.9 Å². The third-order valence-corrected chi connectivity index (χ3v) is 8.10. The highest BCUT2D eigenvalue weighted by Crippen LogP contribution is 2.56. The molecule has 39 heavy (non-hydrogen) atoms. The number of fused-ring (bicyclic) bond motifs is 3. The van der Waals surface area contributed by atoms with Gasteiger partial charge in [-0.1, -0.05) is 137 Å². The van der Waals surface area contributed by atoms with Crippen molar-refractivity contribution < 1.29 is 4.74 Å². The molecule has 0 atom stereocenters. The van der Waals surface area contributed by atoms with E-state index in [0.717, 1.165) is 27.1 Å². The molecule has 1 aliphatic carbocycles. The van der Waals surface area contributed by atoms with Crippen LogP contribution in [0, 0.1) is 0 Å². The molecule has 7 rings (SSSR count). The molecule has 0 amide bonds. The lowest BCUT2D eigenvalue weighted by Gasteiger charge is -2.34. The Morgan fingerprint density at radius 2 is 1.03 bits per heavy atom. The van der Waals surface area contributed by atoms with Crippen molar-refractivity contribution in [2.24, 2.45) is 0 Å². The summed E-state index contributed by atoms with van der Waals surface area (Å²) in [5, 5.41) is 0. The third kappa shape index (κ3) is 4.00. The zero-order chi connectivity index (χ0) is 26.2. The number of halogens is 1. The van der Waals surface area contributed by atoms with Gasteiger partial charge in [0.1, 0.15) is 11.5 Å². The number of hydrogen-bond donors (Lipinski definition) is 0. The normalized spacial score (nSPS) is 12.9. The van der Waals surface area contributed by atoms with Crippen molar-refractivity contribution in [2.45, 2.75) is 5.41 Å². The molecule has 186 valence electrons. The first kappa shape index (κ1) is 23.7. The van der Waals surface area contributed by atoms with Crippen molar-refractivity contribution in [1.29, 1.82) is 0 Å². The highest BCUT2D eigenvalue weighted by atomic mass is 79.9. The molecule has 0 aliphatic heterocycles. The Labute approximate surface area is 237 Å². The Kier molecular flexibility index (Phi) is 5.91. The minimum atomic E-state index is -0.444. The van der Waals surface area contributed by atoms with E-state index >= 15 is 0 Å². The summed E-state index contributed by atoms with van der Waals surface area (Å²) in [6.07, 6.45) is 0. The predicted octanol–water partition coefficient (Wildman–Crippen LogP) is 10.3. The molecule has 0 spiro atoms. The monoisotopic (exact) mass is 564 g/mol. The molecule has 0 saturated heterocycles. The van der Waals surface area contributed by atoms with Crippen LogP contribution in [0.25, 0.3) is 22.3 Å². The number of benzene rings is 6. The summed E-state index contributed by atoms with van der Waals surface area (Å²) in [5.41, 5.74) is 9.34. The van der Waals surface area contributed by atoms with Crippen molar-refractivity contribution in [3.05, 3.63) is 178 Å². The van der Waals surface area contributed by atoms with Gasteiger partial charge in [-0.05, 0) is 74.8 Å². The lowest BCUT2D eigenvalue weighted by molar-refractivity contribution is 0.481. The standard InChI is InChI=1S/C37H25BrO/c38-30-22-27(26-12-4-1-5-13-26)23-32(24-30)39-31-20-21-34-33-18-10-11-19-35(33)37(36(34)25-31,28-14-6-2-7-15-28)29-16-8-3-9-17-29/h1-25H. The fourth-order valence-electron chi connectivity index (χ4n) is 6.04. The van der Waals surface area contributed by atoms with E-state index < -0.39 is 5.41 Å². The van der Waals surface area contributed by atoms with Crippen LogP contribution in [0.4, 0.5) is 0 Å². The van der Waals surface area contributed by atoms with Gasteiger partial charge in [0.2, 0.25) is 0 Å². The van der Waals surface area contributed by atoms with Crippen LogP contribution in [0.5, 0.6) is 11.5 Å². The molecule has 2 heteroatoms. The van der Waals surface area contributed by atoms with Gasteiger partial charge in [0.05, 0.1) is 5.41 Å². The number of rotatable bonds is 5. The molecular weight excluding hydrogens is 540 g/mol. The fourth-order valence-corrected chi connectivity index (χ4v) is 6.51. The summed E-state index contributed by atoms with van der Waals surface area (Å²) in [6, 6.07) is 53.6. The highest BCUT2D eigenvalue weighted by Gasteiger charge is 2.46. The topological polar surface area (TPSA) is 9.23 Å². The maximum absolute atomic E-state index is 6.58. The van der Waals surface area contributed by atoms with E-state index in [1.54, 1.807) is 0 Å². The predicted molar refractivity (Wildman–Crippen MR) is 163 cm³/mol. The summed E-state index contributed by atoms with van der Waals surface area (Å²) in [5.74, 6) is 1.61. The average molecular weight is 566 g/mol. The first-order valence-corrected chi connectivity index (χ1v) is 13.9. The Morgan fingerprint density at radius 3 is 1.72 bits per heavy atom. The molecule has 0 radical (unpaired) electrons. The molecule has 0 saturated carbocycles. The van der Waals surface area contributed by atoms with E-state index in [2.05, 4.69) is 155 Å². The first-order valence-electron chi connectivity index (χ1n) is 13.1. The zero-order valence-electron chi connectivity index (χ0n) is 21.2. The van der Waals surface area contributed by atoms with Crippen LogP contribution < -0.4 is 4.74 Å². The molecule has 6 aromatic rings. The van der Waals surface area contributed by atoms with Gasteiger partial charge in [-0.3, -0.25) is 0 Å². The van der Waals surface area contributed by atoms with Crippen LogP contribution >= 0.6 is 15.9 Å². The van der Waals surface area contributed by atoms with Crippen molar-refractivity contribution in [3.8, 4) is 33.8 Å². The van der Waals surface area contributed by atoms with E-state index in [9.17, 15) is 0 Å². The molecular formula is C37H25BrO. The smallest absolute Gasteiger partial charge is 0.129 e. The molecule has 0 unspecified atom stereocenters. The first-order chi connectivity index (χ1) is 19.2. The SMILES string of the molecule is Brc1cc(Oc2ccc3c(c2)C(c2ccccc2)(c2ccccc2)c2ccccc2-3)cc(-c2ccccc2)c1. The zero-order valence-corrected chi connectivity index (χ0v) is 22.8. The third-order valence-electron chi connectivity index (χ3n) is 7.64. The molecule has 0 aromatic heterocycles. The van der Waals surface area contributed by atoms with Gasteiger partial charge >= 0.3 is 0 Å². The summed E-state index contributed by atoms with van der Waals surface area (Å²) >= 11 is 3.69. The number of ether oxygens (including phenoxy) is 1. The Balaban J connectivity index is 1.41. The molecule has 0 N–H and O–H groups in total. The second kappa shape index (κ2) is 9.72. The summed E-state index contributed by atoms with van der Waals surface area (Å²) < 4.78 is 7.56. The minimum Gasteiger partial charge on any atom is -0.457 e. The number of hydrogen-bond acceptors (Lipinski definition) is 1. The van der Waals surface area contributed by atoms with E-state index in [0.29, 0.717) is 0 Å². The molecule has 1 aliphatic rings. The quantitative estimate of drug-likeness (QED) is 0.202. The van der Waals surface area contributed by atoms with Gasteiger partial charge in [0, 0.05) is 4.47 Å². The van der Waals surface area contributed by atoms with E-state index in [-0.39, 0.29) is 0 Å². The second-order valence-electron chi connectivity index (χ2n) is 9.88. The summed E-state index contributed by atoms with van der Waals surface area (Å²) in [7, 11) is 0. The van der Waals surface area contributed by atoms with Crippen LogP contribution in [0.2, 0.25) is 0 Å². The Hall–Kier alpha value is -4.40. The van der Waals surface area contributed by atoms with E-state index in [1.165, 1.54) is 33.4 Å². The minimum absolute atomic E-state index is 0.444. The van der Waals surface area contributed by atoms with Crippen LogP contribution in [0.1, 0.15) is 22.3 Å².